The number of ether oxygens (including phenoxy) is 2. The minimum absolute atomic E-state index is 0.0331. The zero-order valence-electron chi connectivity index (χ0n) is 11.7. The number of rotatable bonds is 3. The monoisotopic (exact) mass is 296 g/mol. The highest BCUT2D eigenvalue weighted by atomic mass is 32.1. The molecule has 2 fully saturated rings. The molecule has 0 bridgehead atoms. The molecule has 1 amide bonds. The highest BCUT2D eigenvalue weighted by molar-refractivity contribution is 7.07. The predicted molar refractivity (Wildman–Crippen MR) is 75.9 cm³/mol. The van der Waals surface area contributed by atoms with Crippen LogP contribution in [0.1, 0.15) is 29.8 Å². The Balaban J connectivity index is 1.77. The first-order valence-electron chi connectivity index (χ1n) is 7.03. The molecule has 3 heterocycles. The summed E-state index contributed by atoms with van der Waals surface area (Å²) < 4.78 is 11.4. The lowest BCUT2D eigenvalue weighted by molar-refractivity contribution is -0.142. The van der Waals surface area contributed by atoms with Crippen LogP contribution in [0.5, 0.6) is 0 Å². The van der Waals surface area contributed by atoms with Crippen LogP contribution in [0.2, 0.25) is 0 Å². The molecule has 0 N–H and O–H groups in total. The summed E-state index contributed by atoms with van der Waals surface area (Å²) in [4.78, 5) is 18.5. The average molecular weight is 296 g/mol. The van der Waals surface area contributed by atoms with Gasteiger partial charge in [0, 0.05) is 37.6 Å². The maximum absolute atomic E-state index is 12.5. The van der Waals surface area contributed by atoms with E-state index in [2.05, 4.69) is 4.98 Å². The lowest BCUT2D eigenvalue weighted by Crippen LogP contribution is -2.58. The van der Waals surface area contributed by atoms with Crippen LogP contribution in [0.3, 0.4) is 0 Å². The van der Waals surface area contributed by atoms with Gasteiger partial charge in [0.15, 0.2) is 0 Å². The van der Waals surface area contributed by atoms with Gasteiger partial charge in [-0.15, -0.1) is 11.3 Å². The van der Waals surface area contributed by atoms with Crippen LogP contribution in [-0.4, -0.2) is 55.3 Å². The SMILES string of the molecule is COCC12CCCOC1CCN(C(=O)c1cscn1)C2. The van der Waals surface area contributed by atoms with Crippen LogP contribution < -0.4 is 0 Å². The van der Waals surface area contributed by atoms with E-state index in [-0.39, 0.29) is 17.4 Å². The van der Waals surface area contributed by atoms with Gasteiger partial charge >= 0.3 is 0 Å². The van der Waals surface area contributed by atoms with Gasteiger partial charge in [-0.25, -0.2) is 4.98 Å². The Morgan fingerprint density at radius 2 is 2.60 bits per heavy atom. The molecule has 2 aliphatic heterocycles. The van der Waals surface area contributed by atoms with Gasteiger partial charge < -0.3 is 14.4 Å². The zero-order chi connectivity index (χ0) is 14.0. The Kier molecular flexibility index (Phi) is 4.05. The lowest BCUT2D eigenvalue weighted by atomic mass is 9.73. The summed E-state index contributed by atoms with van der Waals surface area (Å²) in [6.45, 7) is 2.93. The Hall–Kier alpha value is -0.980. The molecule has 0 aromatic carbocycles. The minimum Gasteiger partial charge on any atom is -0.384 e. The van der Waals surface area contributed by atoms with Gasteiger partial charge in [-0.05, 0) is 19.3 Å². The summed E-state index contributed by atoms with van der Waals surface area (Å²) in [5.74, 6) is 0.0331. The van der Waals surface area contributed by atoms with Crippen molar-refractivity contribution in [3.63, 3.8) is 0 Å². The molecular formula is C14H20N2O3S. The summed E-state index contributed by atoms with van der Waals surface area (Å²) in [7, 11) is 1.72. The molecule has 110 valence electrons. The second-order valence-electron chi connectivity index (χ2n) is 5.65. The summed E-state index contributed by atoms with van der Waals surface area (Å²) in [6, 6.07) is 0. The number of hydrogen-bond donors (Lipinski definition) is 0. The maximum atomic E-state index is 12.5. The van der Waals surface area contributed by atoms with Gasteiger partial charge in [-0.3, -0.25) is 4.79 Å². The molecule has 6 heteroatoms. The number of methoxy groups -OCH3 is 1. The third-order valence-corrected chi connectivity index (χ3v) is 4.94. The predicted octanol–water partition coefficient (Wildman–Crippen LogP) is 1.80. The van der Waals surface area contributed by atoms with Crippen molar-refractivity contribution >= 4 is 17.2 Å². The molecule has 3 rings (SSSR count). The number of carbonyl (C=O) groups excluding carboxylic acids is 1. The zero-order valence-corrected chi connectivity index (χ0v) is 12.5. The van der Waals surface area contributed by atoms with E-state index in [1.807, 2.05) is 10.3 Å². The molecule has 0 spiro atoms. The largest absolute Gasteiger partial charge is 0.384 e. The fourth-order valence-electron chi connectivity index (χ4n) is 3.44. The third kappa shape index (κ3) is 2.47. The number of likely N-dealkylation sites (tertiary alicyclic amines) is 1. The van der Waals surface area contributed by atoms with Crippen molar-refractivity contribution in [3.8, 4) is 0 Å². The van der Waals surface area contributed by atoms with Crippen LogP contribution in [0.25, 0.3) is 0 Å². The summed E-state index contributed by atoms with van der Waals surface area (Å²) in [5, 5.41) is 1.81. The first kappa shape index (κ1) is 14.0. The van der Waals surface area contributed by atoms with Crippen molar-refractivity contribution in [2.75, 3.05) is 33.4 Å². The number of piperidine rings is 1. The van der Waals surface area contributed by atoms with Crippen molar-refractivity contribution in [1.82, 2.24) is 9.88 Å². The molecular weight excluding hydrogens is 276 g/mol. The molecule has 1 aromatic rings. The lowest BCUT2D eigenvalue weighted by Gasteiger charge is -2.50. The normalized spacial score (nSPS) is 30.1. The van der Waals surface area contributed by atoms with E-state index in [0.29, 0.717) is 18.8 Å². The maximum Gasteiger partial charge on any atom is 0.273 e. The Morgan fingerprint density at radius 1 is 1.70 bits per heavy atom. The van der Waals surface area contributed by atoms with Gasteiger partial charge in [0.1, 0.15) is 5.69 Å². The van der Waals surface area contributed by atoms with Crippen molar-refractivity contribution in [2.24, 2.45) is 5.41 Å². The van der Waals surface area contributed by atoms with Gasteiger partial charge in [0.2, 0.25) is 0 Å². The molecule has 2 atom stereocenters. The van der Waals surface area contributed by atoms with E-state index < -0.39 is 0 Å². The molecule has 2 unspecified atom stereocenters. The average Bonchev–Trinajstić information content (AvgIpc) is 3.00. The third-order valence-electron chi connectivity index (χ3n) is 4.36. The molecule has 2 aliphatic rings. The molecule has 5 nitrogen and oxygen atoms in total. The fraction of sp³-hybridized carbons (Fsp3) is 0.714. The molecule has 0 saturated carbocycles. The Morgan fingerprint density at radius 3 is 3.35 bits per heavy atom. The van der Waals surface area contributed by atoms with E-state index in [0.717, 1.165) is 32.4 Å². The fourth-order valence-corrected chi connectivity index (χ4v) is 3.97. The number of hydrogen-bond acceptors (Lipinski definition) is 5. The van der Waals surface area contributed by atoms with Gasteiger partial charge in [-0.2, -0.15) is 0 Å². The minimum atomic E-state index is -0.0447. The van der Waals surface area contributed by atoms with Crippen molar-refractivity contribution in [1.29, 1.82) is 0 Å². The number of carbonyl (C=O) groups is 1. The topological polar surface area (TPSA) is 51.7 Å². The number of fused-ring (bicyclic) bond motifs is 1. The number of nitrogens with zero attached hydrogens (tertiary/aromatic N) is 2. The van der Waals surface area contributed by atoms with Gasteiger partial charge in [-0.1, -0.05) is 0 Å². The first-order chi connectivity index (χ1) is 9.75. The van der Waals surface area contributed by atoms with Gasteiger partial charge in [0.25, 0.3) is 5.91 Å². The molecule has 0 aliphatic carbocycles. The Bertz CT molecular complexity index is 461. The van der Waals surface area contributed by atoms with Crippen molar-refractivity contribution in [3.05, 3.63) is 16.6 Å². The smallest absolute Gasteiger partial charge is 0.273 e. The van der Waals surface area contributed by atoms with E-state index in [9.17, 15) is 4.79 Å². The van der Waals surface area contributed by atoms with E-state index in [1.165, 1.54) is 11.3 Å². The number of thiazole rings is 1. The molecule has 2 saturated heterocycles. The highest BCUT2D eigenvalue weighted by Gasteiger charge is 2.47. The highest BCUT2D eigenvalue weighted by Crippen LogP contribution is 2.40. The van der Waals surface area contributed by atoms with E-state index >= 15 is 0 Å². The van der Waals surface area contributed by atoms with Gasteiger partial charge in [0.05, 0.1) is 18.2 Å². The van der Waals surface area contributed by atoms with E-state index in [1.54, 1.807) is 12.6 Å². The van der Waals surface area contributed by atoms with Crippen LogP contribution in [0.4, 0.5) is 0 Å². The second-order valence-corrected chi connectivity index (χ2v) is 6.37. The first-order valence-corrected chi connectivity index (χ1v) is 7.97. The molecule has 0 radical (unpaired) electrons. The van der Waals surface area contributed by atoms with E-state index in [4.69, 9.17) is 9.47 Å². The number of amides is 1. The van der Waals surface area contributed by atoms with Crippen LogP contribution in [-0.2, 0) is 9.47 Å². The molecule has 1 aromatic heterocycles. The van der Waals surface area contributed by atoms with Crippen molar-refractivity contribution in [2.45, 2.75) is 25.4 Å². The standard InChI is InChI=1S/C14H20N2O3S/c1-18-9-14-4-2-6-19-12(14)3-5-16(8-14)13(17)11-7-20-10-15-11/h7,10,12H,2-6,8-9H2,1H3. The Labute approximate surface area is 122 Å². The summed E-state index contributed by atoms with van der Waals surface area (Å²) >= 11 is 1.46. The second kappa shape index (κ2) is 5.79. The summed E-state index contributed by atoms with van der Waals surface area (Å²) in [6.07, 6.45) is 3.21. The van der Waals surface area contributed by atoms with Crippen LogP contribution in [0.15, 0.2) is 10.9 Å². The number of aromatic nitrogens is 1. The van der Waals surface area contributed by atoms with Crippen molar-refractivity contribution < 1.29 is 14.3 Å². The summed E-state index contributed by atoms with van der Waals surface area (Å²) in [5.41, 5.74) is 2.21. The molecule has 20 heavy (non-hydrogen) atoms. The van der Waals surface area contributed by atoms with Crippen LogP contribution >= 0.6 is 11.3 Å². The van der Waals surface area contributed by atoms with Crippen LogP contribution in [0, 0.1) is 5.41 Å². The quantitative estimate of drug-likeness (QED) is 0.853.